The summed E-state index contributed by atoms with van der Waals surface area (Å²) < 4.78 is 1.62. The molecule has 10 nitrogen and oxygen atoms in total. The maximum atomic E-state index is 12.6. The van der Waals surface area contributed by atoms with Gasteiger partial charge in [-0.15, -0.1) is 10.2 Å². The van der Waals surface area contributed by atoms with Crippen molar-refractivity contribution in [3.63, 3.8) is 0 Å². The Balaban J connectivity index is 1.41. The molecule has 0 aliphatic heterocycles. The van der Waals surface area contributed by atoms with Crippen LogP contribution in [0.25, 0.3) is 28.4 Å². The Bertz CT molecular complexity index is 1540. The molecule has 0 saturated carbocycles. The van der Waals surface area contributed by atoms with Crippen molar-refractivity contribution < 1.29 is 9.72 Å². The molecule has 34 heavy (non-hydrogen) atoms. The molecule has 0 atom stereocenters. The van der Waals surface area contributed by atoms with E-state index in [-0.39, 0.29) is 16.3 Å². The molecule has 0 spiro atoms. The van der Waals surface area contributed by atoms with Gasteiger partial charge >= 0.3 is 0 Å². The van der Waals surface area contributed by atoms with Crippen LogP contribution in [0.15, 0.2) is 79.0 Å². The highest BCUT2D eigenvalue weighted by Gasteiger charge is 2.20. The molecule has 0 aliphatic rings. The number of anilines is 1. The van der Waals surface area contributed by atoms with E-state index in [9.17, 15) is 14.9 Å². The van der Waals surface area contributed by atoms with Gasteiger partial charge < -0.3 is 5.32 Å². The quantitative estimate of drug-likeness (QED) is 0.291. The molecule has 5 aromatic rings. The van der Waals surface area contributed by atoms with Gasteiger partial charge in [-0.25, -0.2) is 0 Å². The third kappa shape index (κ3) is 4.05. The van der Waals surface area contributed by atoms with Crippen molar-refractivity contribution in [2.24, 2.45) is 0 Å². The highest BCUT2D eigenvalue weighted by Crippen LogP contribution is 2.25. The lowest BCUT2D eigenvalue weighted by molar-refractivity contribution is -0.385. The van der Waals surface area contributed by atoms with Crippen LogP contribution in [0.4, 0.5) is 11.4 Å². The Morgan fingerprint density at radius 1 is 0.971 bits per heavy atom. The number of amides is 1. The number of halogens is 1. The molecule has 0 bridgehead atoms. The van der Waals surface area contributed by atoms with E-state index in [0.29, 0.717) is 28.5 Å². The highest BCUT2D eigenvalue weighted by atomic mass is 35.5. The SMILES string of the molecule is O=C(Nc1ccc(-c2ccc3nnc(-c4ccccn4)n3n2)cc1)c1cc(Cl)ccc1[N+](=O)[O-]. The van der Waals surface area contributed by atoms with Crippen LogP contribution in [0.5, 0.6) is 0 Å². The number of hydrogen-bond donors (Lipinski definition) is 1. The molecular weight excluding hydrogens is 458 g/mol. The van der Waals surface area contributed by atoms with Crippen molar-refractivity contribution in [1.29, 1.82) is 0 Å². The summed E-state index contributed by atoms with van der Waals surface area (Å²) in [6.45, 7) is 0. The number of nitrogens with one attached hydrogen (secondary N) is 1. The lowest BCUT2D eigenvalue weighted by Gasteiger charge is -2.08. The standard InChI is InChI=1S/C23H14ClN7O3/c24-15-6-10-20(31(33)34)17(13-15)23(32)26-16-7-4-14(5-8-16)18-9-11-21-27-28-22(30(21)29-18)19-3-1-2-12-25-19/h1-13H,(H,26,32). The van der Waals surface area contributed by atoms with E-state index >= 15 is 0 Å². The van der Waals surface area contributed by atoms with Crippen LogP contribution in [-0.2, 0) is 0 Å². The summed E-state index contributed by atoms with van der Waals surface area (Å²) >= 11 is 5.92. The number of nitro groups is 1. The Labute approximate surface area is 197 Å². The lowest BCUT2D eigenvalue weighted by atomic mass is 10.1. The third-order valence-corrected chi connectivity index (χ3v) is 5.23. The number of fused-ring (bicyclic) bond motifs is 1. The van der Waals surface area contributed by atoms with E-state index in [0.717, 1.165) is 5.56 Å². The van der Waals surface area contributed by atoms with Crippen LogP contribution in [0.3, 0.4) is 0 Å². The Hall–Kier alpha value is -4.70. The van der Waals surface area contributed by atoms with Gasteiger partial charge in [0.1, 0.15) is 11.3 Å². The largest absolute Gasteiger partial charge is 0.322 e. The molecule has 0 fully saturated rings. The molecule has 3 aromatic heterocycles. The molecule has 2 aromatic carbocycles. The van der Waals surface area contributed by atoms with E-state index in [4.69, 9.17) is 11.6 Å². The van der Waals surface area contributed by atoms with Crippen molar-refractivity contribution in [2.45, 2.75) is 0 Å². The first-order chi connectivity index (χ1) is 16.5. The fraction of sp³-hybridized carbons (Fsp3) is 0. The summed E-state index contributed by atoms with van der Waals surface area (Å²) in [6.07, 6.45) is 1.67. The van der Waals surface area contributed by atoms with Crippen molar-refractivity contribution >= 4 is 34.5 Å². The third-order valence-electron chi connectivity index (χ3n) is 5.00. The monoisotopic (exact) mass is 471 g/mol. The molecule has 166 valence electrons. The zero-order chi connectivity index (χ0) is 23.7. The number of nitro benzene ring substituents is 1. The molecule has 0 radical (unpaired) electrons. The summed E-state index contributed by atoms with van der Waals surface area (Å²) in [5.41, 5.74) is 2.69. The van der Waals surface area contributed by atoms with Crippen molar-refractivity contribution in [2.75, 3.05) is 5.32 Å². The summed E-state index contributed by atoms with van der Waals surface area (Å²) in [7, 11) is 0. The van der Waals surface area contributed by atoms with Gasteiger partial charge in [-0.05, 0) is 48.5 Å². The Morgan fingerprint density at radius 2 is 1.79 bits per heavy atom. The highest BCUT2D eigenvalue weighted by molar-refractivity contribution is 6.31. The zero-order valence-electron chi connectivity index (χ0n) is 17.3. The summed E-state index contributed by atoms with van der Waals surface area (Å²) in [6, 6.07) is 19.9. The number of carbonyl (C=O) groups excluding carboxylic acids is 1. The molecular formula is C23H14ClN7O3. The van der Waals surface area contributed by atoms with E-state index in [2.05, 4.69) is 25.6 Å². The summed E-state index contributed by atoms with van der Waals surface area (Å²) in [4.78, 5) is 27.5. The van der Waals surface area contributed by atoms with Crippen LogP contribution >= 0.6 is 11.6 Å². The van der Waals surface area contributed by atoms with Gasteiger partial charge in [-0.3, -0.25) is 19.9 Å². The minimum atomic E-state index is -0.633. The first-order valence-corrected chi connectivity index (χ1v) is 10.4. The molecule has 11 heteroatoms. The molecule has 5 rings (SSSR count). The van der Waals surface area contributed by atoms with Crippen molar-refractivity contribution in [3.8, 4) is 22.8 Å². The van der Waals surface area contributed by atoms with Gasteiger partial charge in [-0.1, -0.05) is 29.8 Å². The minimum absolute atomic E-state index is 0.122. The van der Waals surface area contributed by atoms with Crippen LogP contribution < -0.4 is 5.32 Å². The van der Waals surface area contributed by atoms with Gasteiger partial charge in [0.15, 0.2) is 5.65 Å². The first-order valence-electron chi connectivity index (χ1n) is 9.99. The molecule has 0 aliphatic carbocycles. The fourth-order valence-corrected chi connectivity index (χ4v) is 3.54. The number of rotatable bonds is 5. The maximum Gasteiger partial charge on any atom is 0.282 e. The number of carbonyl (C=O) groups is 1. The second-order valence-electron chi connectivity index (χ2n) is 7.18. The number of aromatic nitrogens is 5. The van der Waals surface area contributed by atoms with E-state index < -0.39 is 10.8 Å². The van der Waals surface area contributed by atoms with E-state index in [1.54, 1.807) is 41.0 Å². The van der Waals surface area contributed by atoms with Gasteiger partial charge in [0.05, 0.1) is 10.6 Å². The fourth-order valence-electron chi connectivity index (χ4n) is 3.37. The van der Waals surface area contributed by atoms with Crippen LogP contribution in [-0.4, -0.2) is 35.6 Å². The topological polar surface area (TPSA) is 128 Å². The maximum absolute atomic E-state index is 12.6. The van der Waals surface area contributed by atoms with Gasteiger partial charge in [0, 0.05) is 28.5 Å². The number of pyridine rings is 1. The first kappa shape index (κ1) is 21.2. The smallest absolute Gasteiger partial charge is 0.282 e. The van der Waals surface area contributed by atoms with E-state index in [1.807, 2.05) is 24.3 Å². The average Bonchev–Trinajstić information content (AvgIpc) is 3.28. The Kier molecular flexibility index (Phi) is 5.40. The van der Waals surface area contributed by atoms with Crippen LogP contribution in [0.1, 0.15) is 10.4 Å². The molecule has 0 unspecified atom stereocenters. The van der Waals surface area contributed by atoms with Crippen LogP contribution in [0.2, 0.25) is 5.02 Å². The Morgan fingerprint density at radius 3 is 2.53 bits per heavy atom. The predicted octanol–water partition coefficient (Wildman–Crippen LogP) is 4.67. The predicted molar refractivity (Wildman–Crippen MR) is 126 cm³/mol. The summed E-state index contributed by atoms with van der Waals surface area (Å²) in [5, 5.41) is 27.1. The van der Waals surface area contributed by atoms with Gasteiger partial charge in [0.2, 0.25) is 5.82 Å². The van der Waals surface area contributed by atoms with Crippen molar-refractivity contribution in [3.05, 3.63) is 99.7 Å². The van der Waals surface area contributed by atoms with Crippen LogP contribution in [0, 0.1) is 10.1 Å². The second-order valence-corrected chi connectivity index (χ2v) is 7.61. The molecule has 3 heterocycles. The van der Waals surface area contributed by atoms with Crippen molar-refractivity contribution in [1.82, 2.24) is 24.8 Å². The lowest BCUT2D eigenvalue weighted by Crippen LogP contribution is -2.14. The van der Waals surface area contributed by atoms with Gasteiger partial charge in [0.25, 0.3) is 11.6 Å². The van der Waals surface area contributed by atoms with E-state index in [1.165, 1.54) is 18.2 Å². The number of hydrogen-bond acceptors (Lipinski definition) is 7. The zero-order valence-corrected chi connectivity index (χ0v) is 18.0. The minimum Gasteiger partial charge on any atom is -0.322 e. The average molecular weight is 472 g/mol. The molecule has 0 saturated heterocycles. The molecule has 1 amide bonds. The number of benzene rings is 2. The second kappa shape index (κ2) is 8.68. The number of nitrogens with zero attached hydrogens (tertiary/aromatic N) is 6. The normalized spacial score (nSPS) is 10.9. The summed E-state index contributed by atoms with van der Waals surface area (Å²) in [5.74, 6) is -0.115. The van der Waals surface area contributed by atoms with Gasteiger partial charge in [-0.2, -0.15) is 9.61 Å². The molecule has 1 N–H and O–H groups in total.